The lowest BCUT2D eigenvalue weighted by molar-refractivity contribution is 0.555. The van der Waals surface area contributed by atoms with Crippen LogP contribution in [0, 0.1) is 5.82 Å². The molecule has 0 aliphatic carbocycles. The summed E-state index contributed by atoms with van der Waals surface area (Å²) >= 11 is 0. The highest BCUT2D eigenvalue weighted by Crippen LogP contribution is 2.18. The zero-order valence-electron chi connectivity index (χ0n) is 10.9. The van der Waals surface area contributed by atoms with Crippen LogP contribution in [0.1, 0.15) is 13.8 Å². The van der Waals surface area contributed by atoms with Gasteiger partial charge in [-0.2, -0.15) is 0 Å². The summed E-state index contributed by atoms with van der Waals surface area (Å²) in [6.07, 6.45) is 1.62. The molecule has 0 saturated carbocycles. The first kappa shape index (κ1) is 16.8. The van der Waals surface area contributed by atoms with Crippen molar-refractivity contribution in [2.45, 2.75) is 23.6 Å². The Kier molecular flexibility index (Phi) is 5.03. The molecule has 20 heavy (non-hydrogen) atoms. The van der Waals surface area contributed by atoms with Gasteiger partial charge in [-0.05, 0) is 32.0 Å². The summed E-state index contributed by atoms with van der Waals surface area (Å²) in [6.45, 7) is 3.59. The van der Waals surface area contributed by atoms with E-state index in [4.69, 9.17) is 5.14 Å². The van der Waals surface area contributed by atoms with Gasteiger partial charge in [0.2, 0.25) is 20.0 Å². The van der Waals surface area contributed by atoms with Gasteiger partial charge in [0.15, 0.2) is 0 Å². The van der Waals surface area contributed by atoms with Gasteiger partial charge in [-0.15, -0.1) is 0 Å². The third kappa shape index (κ3) is 4.37. The Labute approximate surface area is 117 Å². The Balaban J connectivity index is 3.12. The van der Waals surface area contributed by atoms with Crippen LogP contribution < -0.4 is 9.86 Å². The Morgan fingerprint density at radius 2 is 1.90 bits per heavy atom. The maximum Gasteiger partial charge on any atom is 0.243 e. The third-order valence-electron chi connectivity index (χ3n) is 2.31. The molecule has 0 amide bonds. The molecule has 1 rings (SSSR count). The predicted molar refractivity (Wildman–Crippen MR) is 72.4 cm³/mol. The number of halogens is 1. The SMILES string of the molecule is CC(C)=CCNS(=O)(=O)c1ccc(S(N)(=O)=O)cc1F. The summed E-state index contributed by atoms with van der Waals surface area (Å²) in [5.74, 6) is -1.18. The third-order valence-corrected chi connectivity index (χ3v) is 4.67. The zero-order chi connectivity index (χ0) is 15.6. The summed E-state index contributed by atoms with van der Waals surface area (Å²) in [6, 6.07) is 2.37. The van der Waals surface area contributed by atoms with Crippen molar-refractivity contribution in [2.75, 3.05) is 6.54 Å². The summed E-state index contributed by atoms with van der Waals surface area (Å²) in [5, 5.41) is 4.83. The Bertz CT molecular complexity index is 736. The highest BCUT2D eigenvalue weighted by Gasteiger charge is 2.20. The van der Waals surface area contributed by atoms with Gasteiger partial charge in [0, 0.05) is 6.54 Å². The fraction of sp³-hybridized carbons (Fsp3) is 0.273. The lowest BCUT2D eigenvalue weighted by Gasteiger charge is -2.07. The molecule has 9 heteroatoms. The van der Waals surface area contributed by atoms with Crippen LogP contribution in [0.2, 0.25) is 0 Å². The van der Waals surface area contributed by atoms with Crippen molar-refractivity contribution in [1.29, 1.82) is 0 Å². The number of nitrogens with two attached hydrogens (primary N) is 1. The van der Waals surface area contributed by atoms with Gasteiger partial charge >= 0.3 is 0 Å². The molecule has 0 heterocycles. The number of sulfonamides is 2. The van der Waals surface area contributed by atoms with E-state index in [9.17, 15) is 21.2 Å². The lowest BCUT2D eigenvalue weighted by Crippen LogP contribution is -2.25. The van der Waals surface area contributed by atoms with E-state index >= 15 is 0 Å². The van der Waals surface area contributed by atoms with Crippen LogP contribution in [-0.4, -0.2) is 23.4 Å². The minimum atomic E-state index is -4.08. The number of allylic oxidation sites excluding steroid dienone is 1. The van der Waals surface area contributed by atoms with Gasteiger partial charge < -0.3 is 0 Å². The van der Waals surface area contributed by atoms with Crippen LogP contribution in [0.4, 0.5) is 4.39 Å². The number of hydrogen-bond acceptors (Lipinski definition) is 4. The molecule has 1 aromatic carbocycles. The van der Waals surface area contributed by atoms with E-state index in [0.29, 0.717) is 6.07 Å². The second-order valence-corrected chi connectivity index (χ2v) is 7.57. The van der Waals surface area contributed by atoms with Crippen molar-refractivity contribution in [1.82, 2.24) is 4.72 Å². The minimum absolute atomic E-state index is 0.0149. The second kappa shape index (κ2) is 6.00. The fourth-order valence-electron chi connectivity index (χ4n) is 1.31. The largest absolute Gasteiger partial charge is 0.243 e. The molecule has 0 atom stereocenters. The summed E-state index contributed by atoms with van der Waals surface area (Å²) < 4.78 is 61.6. The maximum absolute atomic E-state index is 13.7. The van der Waals surface area contributed by atoms with E-state index in [2.05, 4.69) is 4.72 Å². The van der Waals surface area contributed by atoms with Crippen molar-refractivity contribution < 1.29 is 21.2 Å². The molecule has 3 N–H and O–H groups in total. The van der Waals surface area contributed by atoms with Gasteiger partial charge in [0.05, 0.1) is 4.90 Å². The first-order chi connectivity index (χ1) is 9.04. The van der Waals surface area contributed by atoms with Gasteiger partial charge in [0.1, 0.15) is 10.7 Å². The average Bonchev–Trinajstić information content (AvgIpc) is 2.26. The van der Waals surface area contributed by atoms with Crippen molar-refractivity contribution in [2.24, 2.45) is 5.14 Å². The van der Waals surface area contributed by atoms with Crippen LogP contribution in [0.25, 0.3) is 0 Å². The second-order valence-electron chi connectivity index (χ2n) is 4.27. The van der Waals surface area contributed by atoms with E-state index in [1.165, 1.54) is 0 Å². The molecule has 0 aliphatic rings. The molecule has 0 radical (unpaired) electrons. The topological polar surface area (TPSA) is 106 Å². The van der Waals surface area contributed by atoms with Gasteiger partial charge in [-0.3, -0.25) is 0 Å². The van der Waals surface area contributed by atoms with Crippen LogP contribution in [0.3, 0.4) is 0 Å². The smallest absolute Gasteiger partial charge is 0.225 e. The first-order valence-electron chi connectivity index (χ1n) is 5.49. The first-order valence-corrected chi connectivity index (χ1v) is 8.52. The normalized spacial score (nSPS) is 12.2. The summed E-state index contributed by atoms with van der Waals surface area (Å²) in [7, 11) is -8.13. The van der Waals surface area contributed by atoms with Crippen molar-refractivity contribution in [3.05, 3.63) is 35.7 Å². The van der Waals surface area contributed by atoms with Crippen LogP contribution in [0.5, 0.6) is 0 Å². The summed E-state index contributed by atoms with van der Waals surface area (Å²) in [4.78, 5) is -1.12. The number of hydrogen-bond donors (Lipinski definition) is 2. The Hall–Kier alpha value is -1.29. The molecule has 0 unspecified atom stereocenters. The van der Waals surface area contributed by atoms with Crippen molar-refractivity contribution in [3.63, 3.8) is 0 Å². The summed E-state index contributed by atoms with van der Waals surface area (Å²) in [5.41, 5.74) is 0.901. The van der Waals surface area contributed by atoms with E-state index in [1.807, 2.05) is 0 Å². The molecule has 112 valence electrons. The molecule has 0 aromatic heterocycles. The molecule has 0 aliphatic heterocycles. The molecule has 1 aromatic rings. The van der Waals surface area contributed by atoms with Crippen molar-refractivity contribution in [3.8, 4) is 0 Å². The highest BCUT2D eigenvalue weighted by atomic mass is 32.2. The van der Waals surface area contributed by atoms with Crippen LogP contribution >= 0.6 is 0 Å². The molecule has 6 nitrogen and oxygen atoms in total. The quantitative estimate of drug-likeness (QED) is 0.779. The zero-order valence-corrected chi connectivity index (χ0v) is 12.6. The molecule has 0 spiro atoms. The number of nitrogens with one attached hydrogen (secondary N) is 1. The monoisotopic (exact) mass is 322 g/mol. The standard InChI is InChI=1S/C11H15FN2O4S2/c1-8(2)5-6-14-20(17,18)11-4-3-9(7-10(11)12)19(13,15)16/h3-5,7,14H,6H2,1-2H3,(H2,13,15,16). The van der Waals surface area contributed by atoms with Gasteiger partial charge in [0.25, 0.3) is 0 Å². The highest BCUT2D eigenvalue weighted by molar-refractivity contribution is 7.89. The Morgan fingerprint density at radius 1 is 1.30 bits per heavy atom. The number of primary sulfonamides is 1. The van der Waals surface area contributed by atoms with E-state index in [-0.39, 0.29) is 6.54 Å². The number of benzene rings is 1. The minimum Gasteiger partial charge on any atom is -0.225 e. The molecular weight excluding hydrogens is 307 g/mol. The van der Waals surface area contributed by atoms with Crippen molar-refractivity contribution >= 4 is 20.0 Å². The van der Waals surface area contributed by atoms with E-state index < -0.39 is 35.7 Å². The van der Waals surface area contributed by atoms with Crippen LogP contribution in [0.15, 0.2) is 39.6 Å². The fourth-order valence-corrected chi connectivity index (χ4v) is 2.86. The van der Waals surface area contributed by atoms with E-state index in [1.54, 1.807) is 19.9 Å². The van der Waals surface area contributed by atoms with E-state index in [0.717, 1.165) is 17.7 Å². The molecule has 0 bridgehead atoms. The van der Waals surface area contributed by atoms with Gasteiger partial charge in [-0.25, -0.2) is 31.1 Å². The molecular formula is C11H15FN2O4S2. The molecule has 0 fully saturated rings. The average molecular weight is 322 g/mol. The maximum atomic E-state index is 13.7. The number of rotatable bonds is 5. The predicted octanol–water partition coefficient (Wildman–Crippen LogP) is 0.718. The molecule has 0 saturated heterocycles. The van der Waals surface area contributed by atoms with Gasteiger partial charge in [-0.1, -0.05) is 11.6 Å². The van der Waals surface area contributed by atoms with Crippen LogP contribution in [-0.2, 0) is 20.0 Å². The Morgan fingerprint density at radius 3 is 2.35 bits per heavy atom. The lowest BCUT2D eigenvalue weighted by atomic mass is 10.3.